The van der Waals surface area contributed by atoms with Crippen LogP contribution < -0.4 is 0 Å². The molecule has 0 radical (unpaired) electrons. The van der Waals surface area contributed by atoms with Crippen LogP contribution in [0.3, 0.4) is 0 Å². The molecule has 0 aliphatic rings. The molecule has 0 saturated carbocycles. The molecular formula is C17H24N2O. The van der Waals surface area contributed by atoms with E-state index in [1.165, 1.54) is 38.5 Å². The predicted octanol–water partition coefficient (Wildman–Crippen LogP) is 5.03. The second-order valence-electron chi connectivity index (χ2n) is 5.20. The van der Waals surface area contributed by atoms with E-state index in [4.69, 9.17) is 4.42 Å². The highest BCUT2D eigenvalue weighted by atomic mass is 16.4. The van der Waals surface area contributed by atoms with Crippen LogP contribution in [0.25, 0.3) is 11.5 Å². The molecule has 20 heavy (non-hydrogen) atoms. The second-order valence-corrected chi connectivity index (χ2v) is 5.20. The Morgan fingerprint density at radius 1 is 0.950 bits per heavy atom. The molecule has 2 aromatic rings. The first-order valence-electron chi connectivity index (χ1n) is 7.76. The zero-order chi connectivity index (χ0) is 14.0. The standard InChI is InChI=1S/C17H24N2O/c1-2-3-4-5-6-7-8-12-17-19-14-16(20-17)15-11-9-10-13-18-15/h9-11,13-14H,2-8,12H2,1H3. The summed E-state index contributed by atoms with van der Waals surface area (Å²) in [5.74, 6) is 1.60. The molecule has 0 aliphatic carbocycles. The molecular weight excluding hydrogens is 248 g/mol. The Morgan fingerprint density at radius 2 is 1.75 bits per heavy atom. The SMILES string of the molecule is CCCCCCCCCc1ncc(-c2ccccn2)o1. The summed E-state index contributed by atoms with van der Waals surface area (Å²) < 4.78 is 5.74. The van der Waals surface area contributed by atoms with Crippen molar-refractivity contribution in [3.63, 3.8) is 0 Å². The van der Waals surface area contributed by atoms with Gasteiger partial charge >= 0.3 is 0 Å². The lowest BCUT2D eigenvalue weighted by atomic mass is 10.1. The minimum absolute atomic E-state index is 0.767. The van der Waals surface area contributed by atoms with Gasteiger partial charge in [0.2, 0.25) is 0 Å². The monoisotopic (exact) mass is 272 g/mol. The summed E-state index contributed by atoms with van der Waals surface area (Å²) in [6.07, 6.45) is 13.7. The number of unbranched alkanes of at least 4 members (excludes halogenated alkanes) is 6. The number of aromatic nitrogens is 2. The van der Waals surface area contributed by atoms with Crippen LogP contribution in [0.4, 0.5) is 0 Å². The van der Waals surface area contributed by atoms with Crippen molar-refractivity contribution in [3.8, 4) is 11.5 Å². The minimum Gasteiger partial charge on any atom is -0.439 e. The van der Waals surface area contributed by atoms with E-state index in [1.54, 1.807) is 12.4 Å². The maximum absolute atomic E-state index is 5.74. The molecule has 0 fully saturated rings. The lowest BCUT2D eigenvalue weighted by Crippen LogP contribution is -1.86. The molecule has 0 aromatic carbocycles. The highest BCUT2D eigenvalue weighted by molar-refractivity contribution is 5.49. The van der Waals surface area contributed by atoms with Gasteiger partial charge in [0.15, 0.2) is 11.7 Å². The van der Waals surface area contributed by atoms with Crippen LogP contribution in [-0.4, -0.2) is 9.97 Å². The third-order valence-electron chi connectivity index (χ3n) is 3.47. The van der Waals surface area contributed by atoms with E-state index in [-0.39, 0.29) is 0 Å². The summed E-state index contributed by atoms with van der Waals surface area (Å²) in [5.41, 5.74) is 0.853. The average molecular weight is 272 g/mol. The highest BCUT2D eigenvalue weighted by Gasteiger charge is 2.06. The fourth-order valence-corrected chi connectivity index (χ4v) is 2.29. The van der Waals surface area contributed by atoms with E-state index >= 15 is 0 Å². The van der Waals surface area contributed by atoms with Crippen LogP contribution in [0.1, 0.15) is 57.8 Å². The van der Waals surface area contributed by atoms with E-state index in [9.17, 15) is 0 Å². The molecule has 0 unspecified atom stereocenters. The number of nitrogens with zero attached hydrogens (tertiary/aromatic N) is 2. The number of aryl methyl sites for hydroxylation is 1. The summed E-state index contributed by atoms with van der Waals surface area (Å²) in [7, 11) is 0. The Balaban J connectivity index is 1.69. The van der Waals surface area contributed by atoms with Crippen LogP contribution in [0.2, 0.25) is 0 Å². The zero-order valence-electron chi connectivity index (χ0n) is 12.3. The van der Waals surface area contributed by atoms with E-state index in [2.05, 4.69) is 16.9 Å². The van der Waals surface area contributed by atoms with Crippen molar-refractivity contribution in [2.75, 3.05) is 0 Å². The molecule has 2 heterocycles. The molecule has 3 nitrogen and oxygen atoms in total. The topological polar surface area (TPSA) is 38.9 Å². The van der Waals surface area contributed by atoms with E-state index in [0.717, 1.165) is 30.2 Å². The third-order valence-corrected chi connectivity index (χ3v) is 3.47. The smallest absolute Gasteiger partial charge is 0.194 e. The van der Waals surface area contributed by atoms with Crippen molar-refractivity contribution < 1.29 is 4.42 Å². The molecule has 0 spiro atoms. The van der Waals surface area contributed by atoms with Crippen LogP contribution in [-0.2, 0) is 6.42 Å². The Morgan fingerprint density at radius 3 is 2.50 bits per heavy atom. The van der Waals surface area contributed by atoms with Gasteiger partial charge in [-0.05, 0) is 18.6 Å². The summed E-state index contributed by atoms with van der Waals surface area (Å²) in [5, 5.41) is 0. The molecule has 3 heteroatoms. The summed E-state index contributed by atoms with van der Waals surface area (Å²) in [6, 6.07) is 5.80. The molecule has 0 N–H and O–H groups in total. The zero-order valence-corrected chi connectivity index (χ0v) is 12.3. The van der Waals surface area contributed by atoms with Gasteiger partial charge in [0.05, 0.1) is 6.20 Å². The third kappa shape index (κ3) is 4.80. The van der Waals surface area contributed by atoms with Gasteiger partial charge in [0, 0.05) is 12.6 Å². The van der Waals surface area contributed by atoms with E-state index < -0.39 is 0 Å². The average Bonchev–Trinajstić information content (AvgIpc) is 2.96. The Kier molecular flexibility index (Phi) is 6.28. The molecule has 0 bridgehead atoms. The second kappa shape index (κ2) is 8.51. The molecule has 0 amide bonds. The van der Waals surface area contributed by atoms with Crippen molar-refractivity contribution in [2.45, 2.75) is 58.3 Å². The van der Waals surface area contributed by atoms with Gasteiger partial charge in [-0.3, -0.25) is 4.98 Å². The van der Waals surface area contributed by atoms with Gasteiger partial charge in [-0.1, -0.05) is 51.5 Å². The first kappa shape index (κ1) is 14.8. The van der Waals surface area contributed by atoms with Gasteiger partial charge < -0.3 is 4.42 Å². The van der Waals surface area contributed by atoms with Crippen LogP contribution in [0.5, 0.6) is 0 Å². The van der Waals surface area contributed by atoms with Gasteiger partial charge in [0.1, 0.15) is 5.69 Å². The fourth-order valence-electron chi connectivity index (χ4n) is 2.29. The molecule has 2 rings (SSSR count). The fraction of sp³-hybridized carbons (Fsp3) is 0.529. The van der Waals surface area contributed by atoms with E-state index in [0.29, 0.717) is 0 Å². The van der Waals surface area contributed by atoms with Gasteiger partial charge in [-0.15, -0.1) is 0 Å². The Labute approximate surface area is 121 Å². The molecule has 0 saturated heterocycles. The van der Waals surface area contributed by atoms with Crippen molar-refractivity contribution in [1.82, 2.24) is 9.97 Å². The first-order chi connectivity index (χ1) is 9.90. The number of oxazole rings is 1. The highest BCUT2D eigenvalue weighted by Crippen LogP contribution is 2.18. The van der Waals surface area contributed by atoms with Gasteiger partial charge in [-0.2, -0.15) is 0 Å². The summed E-state index contributed by atoms with van der Waals surface area (Å²) in [6.45, 7) is 2.25. The summed E-state index contributed by atoms with van der Waals surface area (Å²) in [4.78, 5) is 8.60. The van der Waals surface area contributed by atoms with Crippen LogP contribution in [0.15, 0.2) is 35.0 Å². The number of pyridine rings is 1. The number of rotatable bonds is 9. The van der Waals surface area contributed by atoms with Crippen molar-refractivity contribution in [2.24, 2.45) is 0 Å². The Hall–Kier alpha value is -1.64. The minimum atomic E-state index is 0.767. The van der Waals surface area contributed by atoms with Crippen LogP contribution >= 0.6 is 0 Å². The molecule has 0 atom stereocenters. The predicted molar refractivity (Wildman–Crippen MR) is 81.4 cm³/mol. The quantitative estimate of drug-likeness (QED) is 0.601. The van der Waals surface area contributed by atoms with Crippen molar-refractivity contribution in [1.29, 1.82) is 0 Å². The Bertz CT molecular complexity index is 479. The number of hydrogen-bond acceptors (Lipinski definition) is 3. The van der Waals surface area contributed by atoms with Crippen molar-refractivity contribution >= 4 is 0 Å². The molecule has 0 aliphatic heterocycles. The molecule has 2 aromatic heterocycles. The lowest BCUT2D eigenvalue weighted by molar-refractivity contribution is 0.485. The van der Waals surface area contributed by atoms with Crippen LogP contribution in [0, 0.1) is 0 Å². The molecule has 108 valence electrons. The maximum atomic E-state index is 5.74. The lowest BCUT2D eigenvalue weighted by Gasteiger charge is -1.99. The summed E-state index contributed by atoms with van der Waals surface area (Å²) >= 11 is 0. The van der Waals surface area contributed by atoms with Gasteiger partial charge in [0.25, 0.3) is 0 Å². The maximum Gasteiger partial charge on any atom is 0.194 e. The first-order valence-corrected chi connectivity index (χ1v) is 7.76. The normalized spacial score (nSPS) is 10.8. The number of hydrogen-bond donors (Lipinski definition) is 0. The van der Waals surface area contributed by atoms with E-state index in [1.807, 2.05) is 18.2 Å². The van der Waals surface area contributed by atoms with Crippen molar-refractivity contribution in [3.05, 3.63) is 36.5 Å². The van der Waals surface area contributed by atoms with Gasteiger partial charge in [-0.25, -0.2) is 4.98 Å². The largest absolute Gasteiger partial charge is 0.439 e.